The van der Waals surface area contributed by atoms with Crippen LogP contribution in [0.4, 0.5) is 11.4 Å². The smallest absolute Gasteiger partial charge is 0.242 e. The van der Waals surface area contributed by atoms with Crippen molar-refractivity contribution in [1.29, 1.82) is 0 Å². The average Bonchev–Trinajstić information content (AvgIpc) is 3.14. The molecule has 0 radical (unpaired) electrons. The molecule has 2 amide bonds. The fraction of sp³-hybridized carbons (Fsp3) is 0.0526. The van der Waals surface area contributed by atoms with Gasteiger partial charge in [0.1, 0.15) is 0 Å². The zero-order valence-corrected chi connectivity index (χ0v) is 18.7. The molecule has 0 bridgehead atoms. The highest BCUT2D eigenvalue weighted by Crippen LogP contribution is 2.29. The van der Waals surface area contributed by atoms with Gasteiger partial charge in [0.05, 0.1) is 11.4 Å². The summed E-state index contributed by atoms with van der Waals surface area (Å²) in [6.45, 7) is 0. The molecule has 0 saturated heterocycles. The Hall–Kier alpha value is -1.52. The molecular formula is C19H16N2O2S5. The highest BCUT2D eigenvalue weighted by molar-refractivity contribution is 7.81. The van der Waals surface area contributed by atoms with Crippen LogP contribution in [-0.2, 0) is 9.59 Å². The molecule has 0 aliphatic rings. The number of benzene rings is 2. The normalized spacial score (nSPS) is 10.8. The molecule has 144 valence electrons. The van der Waals surface area contributed by atoms with Crippen molar-refractivity contribution in [1.82, 2.24) is 0 Å². The Bertz CT molecular complexity index is 956. The third-order valence-corrected chi connectivity index (χ3v) is 6.06. The van der Waals surface area contributed by atoms with Gasteiger partial charge in [-0.2, -0.15) is 0 Å². The Morgan fingerprint density at radius 3 is 1.68 bits per heavy atom. The van der Waals surface area contributed by atoms with Crippen molar-refractivity contribution >= 4 is 85.0 Å². The molecule has 0 unspecified atom stereocenters. The van der Waals surface area contributed by atoms with Crippen LogP contribution < -0.4 is 10.6 Å². The Morgan fingerprint density at radius 1 is 0.786 bits per heavy atom. The molecular weight excluding hydrogens is 449 g/mol. The summed E-state index contributed by atoms with van der Waals surface area (Å²) in [5, 5.41) is 7.38. The van der Waals surface area contributed by atoms with E-state index in [0.717, 1.165) is 9.79 Å². The van der Waals surface area contributed by atoms with Gasteiger partial charge in [0.25, 0.3) is 0 Å². The maximum atomic E-state index is 13.0. The minimum atomic E-state index is -1.02. The first-order valence-electron chi connectivity index (χ1n) is 8.04. The van der Waals surface area contributed by atoms with Crippen molar-refractivity contribution in [2.45, 2.75) is 25.5 Å². The molecule has 2 aromatic carbocycles. The minimum absolute atomic E-state index is 0.450. The second kappa shape index (κ2) is 9.32. The third-order valence-electron chi connectivity index (χ3n) is 3.83. The van der Waals surface area contributed by atoms with Gasteiger partial charge in [0, 0.05) is 24.5 Å². The van der Waals surface area contributed by atoms with Crippen LogP contribution >= 0.6 is 61.9 Å². The number of thiophene rings is 1. The lowest BCUT2D eigenvalue weighted by Gasteiger charge is -2.17. The fourth-order valence-electron chi connectivity index (χ4n) is 2.49. The van der Waals surface area contributed by atoms with Crippen molar-refractivity contribution < 1.29 is 9.59 Å². The van der Waals surface area contributed by atoms with Crippen LogP contribution in [-0.4, -0.2) is 11.8 Å². The number of carbonyl (C=O) groups is 2. The van der Waals surface area contributed by atoms with Crippen LogP contribution in [0.15, 0.2) is 73.5 Å². The van der Waals surface area contributed by atoms with Crippen molar-refractivity contribution in [2.24, 2.45) is 0 Å². The van der Waals surface area contributed by atoms with Gasteiger partial charge in [0.2, 0.25) is 11.8 Å². The van der Waals surface area contributed by atoms with Gasteiger partial charge in [-0.05, 0) is 47.8 Å². The number of rotatable bonds is 5. The Kier molecular flexibility index (Phi) is 7.05. The summed E-state index contributed by atoms with van der Waals surface area (Å²) >= 11 is 18.6. The largest absolute Gasteiger partial charge is 0.324 e. The molecule has 1 aromatic heterocycles. The molecule has 3 aromatic rings. The van der Waals surface area contributed by atoms with E-state index >= 15 is 0 Å². The molecule has 4 nitrogen and oxygen atoms in total. The van der Waals surface area contributed by atoms with Crippen molar-refractivity contribution in [3.8, 4) is 0 Å². The summed E-state index contributed by atoms with van der Waals surface area (Å²) in [6.07, 6.45) is 0. The van der Waals surface area contributed by atoms with E-state index in [1.165, 1.54) is 11.3 Å². The molecule has 2 N–H and O–H groups in total. The van der Waals surface area contributed by atoms with Crippen LogP contribution in [0, 0.1) is 0 Å². The van der Waals surface area contributed by atoms with E-state index in [2.05, 4.69) is 61.1 Å². The molecule has 3 rings (SSSR count). The summed E-state index contributed by atoms with van der Waals surface area (Å²) in [7, 11) is 0. The zero-order valence-electron chi connectivity index (χ0n) is 14.3. The predicted molar refractivity (Wildman–Crippen MR) is 126 cm³/mol. The predicted octanol–water partition coefficient (Wildman–Crippen LogP) is 5.26. The van der Waals surface area contributed by atoms with Gasteiger partial charge in [-0.1, -0.05) is 6.07 Å². The van der Waals surface area contributed by atoms with E-state index in [1.54, 1.807) is 48.5 Å². The first-order valence-corrected chi connectivity index (χ1v) is 10.7. The topological polar surface area (TPSA) is 58.2 Å². The number of nitrogens with one attached hydrogen (secondary N) is 2. The molecule has 0 atom stereocenters. The second-order valence-electron chi connectivity index (χ2n) is 5.83. The van der Waals surface area contributed by atoms with Gasteiger partial charge in [0.15, 0.2) is 5.92 Å². The number of anilines is 2. The van der Waals surface area contributed by atoms with Gasteiger partial charge in [-0.25, -0.2) is 0 Å². The highest BCUT2D eigenvalue weighted by Gasteiger charge is 2.30. The first kappa shape index (κ1) is 21.2. The van der Waals surface area contributed by atoms with Crippen molar-refractivity contribution in [3.05, 3.63) is 58.8 Å². The fourth-order valence-corrected chi connectivity index (χ4v) is 4.47. The molecule has 0 aliphatic heterocycles. The monoisotopic (exact) mass is 464 g/mol. The van der Waals surface area contributed by atoms with E-state index in [1.807, 2.05) is 5.38 Å². The van der Waals surface area contributed by atoms with E-state index in [9.17, 15) is 9.59 Å². The van der Waals surface area contributed by atoms with Crippen LogP contribution in [0.3, 0.4) is 0 Å². The van der Waals surface area contributed by atoms with Crippen LogP contribution in [0.25, 0.3) is 0 Å². The summed E-state index contributed by atoms with van der Waals surface area (Å²) < 4.78 is 0. The molecule has 0 saturated carbocycles. The number of hydrogen-bond acceptors (Lipinski definition) is 7. The lowest BCUT2D eigenvalue weighted by Crippen LogP contribution is -2.31. The van der Waals surface area contributed by atoms with E-state index < -0.39 is 17.7 Å². The van der Waals surface area contributed by atoms with E-state index in [-0.39, 0.29) is 0 Å². The van der Waals surface area contributed by atoms with E-state index in [4.69, 9.17) is 0 Å². The van der Waals surface area contributed by atoms with Gasteiger partial charge < -0.3 is 10.6 Å². The quantitative estimate of drug-likeness (QED) is 0.230. The lowest BCUT2D eigenvalue weighted by molar-refractivity contribution is -0.125. The average molecular weight is 465 g/mol. The molecule has 0 fully saturated rings. The Balaban J connectivity index is 1.86. The summed E-state index contributed by atoms with van der Waals surface area (Å²) in [5.74, 6) is -1.92. The molecule has 0 aliphatic carbocycles. The molecule has 1 heterocycles. The zero-order chi connectivity index (χ0) is 20.3. The number of thiol groups is 4. The number of carbonyl (C=O) groups excluding carboxylic acids is 2. The standard InChI is InChI=1S/C19H16N2O2S5/c22-18(20-12-5-3-10(24)8-14(12)26)17(16-2-1-7-28-16)19(23)21-13-6-4-11(25)9-15(13)27/h1-9,17,24-27H,(H,20,22)(H,21,23). The van der Waals surface area contributed by atoms with Crippen molar-refractivity contribution in [2.75, 3.05) is 10.6 Å². The Morgan fingerprint density at radius 2 is 1.29 bits per heavy atom. The molecule has 28 heavy (non-hydrogen) atoms. The van der Waals surface area contributed by atoms with Crippen LogP contribution in [0.1, 0.15) is 10.8 Å². The highest BCUT2D eigenvalue weighted by atomic mass is 32.1. The summed E-state index contributed by atoms with van der Waals surface area (Å²) in [4.78, 5) is 29.2. The van der Waals surface area contributed by atoms with Gasteiger partial charge in [-0.3, -0.25) is 9.59 Å². The summed E-state index contributed by atoms with van der Waals surface area (Å²) in [5.41, 5.74) is 1.02. The lowest BCUT2D eigenvalue weighted by atomic mass is 10.1. The first-order chi connectivity index (χ1) is 13.3. The van der Waals surface area contributed by atoms with Crippen LogP contribution in [0.5, 0.6) is 0 Å². The number of amides is 2. The van der Waals surface area contributed by atoms with Crippen molar-refractivity contribution in [3.63, 3.8) is 0 Å². The maximum absolute atomic E-state index is 13.0. The second-order valence-corrected chi connectivity index (χ2v) is 8.81. The summed E-state index contributed by atoms with van der Waals surface area (Å²) in [6, 6.07) is 13.9. The van der Waals surface area contributed by atoms with Crippen LogP contribution in [0.2, 0.25) is 0 Å². The Labute approximate surface area is 188 Å². The maximum Gasteiger partial charge on any atom is 0.242 e. The molecule has 0 spiro atoms. The van der Waals surface area contributed by atoms with E-state index in [0.29, 0.717) is 26.0 Å². The van der Waals surface area contributed by atoms with Gasteiger partial charge in [-0.15, -0.1) is 61.9 Å². The third kappa shape index (κ3) is 5.09. The SMILES string of the molecule is O=C(Nc1ccc(S)cc1S)C(C(=O)Nc1ccc(S)cc1S)c1cccs1. The minimum Gasteiger partial charge on any atom is -0.324 e. The number of hydrogen-bond donors (Lipinski definition) is 6. The molecule has 9 heteroatoms. The van der Waals surface area contributed by atoms with Gasteiger partial charge >= 0.3 is 0 Å².